The highest BCUT2D eigenvalue weighted by Gasteiger charge is 2.27. The molecular weight excluding hydrogens is 641 g/mol. The normalized spacial score (nSPS) is 13.8. The minimum atomic E-state index is -4.37. The zero-order valence-corrected chi connectivity index (χ0v) is 33.3. The highest BCUT2D eigenvalue weighted by atomic mass is 31.2. The van der Waals surface area contributed by atoms with Crippen LogP contribution in [0.15, 0.2) is 12.2 Å². The van der Waals surface area contributed by atoms with Crippen LogP contribution in [-0.2, 0) is 32.7 Å². The van der Waals surface area contributed by atoms with E-state index in [1.807, 2.05) is 21.1 Å². The first-order valence-electron chi connectivity index (χ1n) is 19.9. The Morgan fingerprint density at radius 3 is 1.53 bits per heavy atom. The third-order valence-corrected chi connectivity index (χ3v) is 9.53. The molecule has 0 aliphatic carbocycles. The summed E-state index contributed by atoms with van der Waals surface area (Å²) >= 11 is 0. The van der Waals surface area contributed by atoms with Crippen LogP contribution >= 0.6 is 7.82 Å². The van der Waals surface area contributed by atoms with Gasteiger partial charge in [0.15, 0.2) is 6.10 Å². The number of ether oxygens (including phenoxy) is 2. The predicted molar refractivity (Wildman–Crippen MR) is 201 cm³/mol. The molecule has 0 aromatic rings. The summed E-state index contributed by atoms with van der Waals surface area (Å²) in [6.07, 6.45) is 31.1. The molecule has 2 atom stereocenters. The van der Waals surface area contributed by atoms with Gasteiger partial charge in [-0.05, 0) is 38.5 Å². The molecule has 0 heterocycles. The van der Waals surface area contributed by atoms with Crippen molar-refractivity contribution in [2.45, 2.75) is 180 Å². The van der Waals surface area contributed by atoms with Crippen LogP contribution in [0.4, 0.5) is 0 Å². The van der Waals surface area contributed by atoms with Gasteiger partial charge in [0.25, 0.3) is 0 Å². The third kappa shape index (κ3) is 36.3. The molecular formula is C39H77NO8P+. The summed E-state index contributed by atoms with van der Waals surface area (Å²) in [7, 11) is 1.47. The molecule has 9 nitrogen and oxygen atoms in total. The van der Waals surface area contributed by atoms with E-state index in [0.717, 1.165) is 44.9 Å². The van der Waals surface area contributed by atoms with Crippen LogP contribution in [0.5, 0.6) is 0 Å². The second-order valence-electron chi connectivity index (χ2n) is 14.7. The van der Waals surface area contributed by atoms with Gasteiger partial charge in [0.2, 0.25) is 0 Å². The highest BCUT2D eigenvalue weighted by Crippen LogP contribution is 2.43. The number of likely N-dealkylation sites (N-methyl/N-ethyl adjacent to an activating group) is 1. The largest absolute Gasteiger partial charge is 0.472 e. The van der Waals surface area contributed by atoms with Crippen LogP contribution in [-0.4, -0.2) is 74.9 Å². The van der Waals surface area contributed by atoms with E-state index in [4.69, 9.17) is 18.5 Å². The summed E-state index contributed by atoms with van der Waals surface area (Å²) in [4.78, 5) is 35.2. The molecule has 0 amide bonds. The Hall–Kier alpha value is -1.25. The number of phosphoric ester groups is 1. The Balaban J connectivity index is 4.44. The van der Waals surface area contributed by atoms with E-state index >= 15 is 0 Å². The quantitative estimate of drug-likeness (QED) is 0.0224. The van der Waals surface area contributed by atoms with Crippen LogP contribution in [0, 0.1) is 0 Å². The summed E-state index contributed by atoms with van der Waals surface area (Å²) in [6.45, 7) is 4.39. The predicted octanol–water partition coefficient (Wildman–Crippen LogP) is 10.6. The van der Waals surface area contributed by atoms with E-state index in [1.165, 1.54) is 96.3 Å². The molecule has 0 radical (unpaired) electrons. The SMILES string of the molecule is CCCCCCCC/C=C\CCCCCC(=O)OC(COC(=O)CCCCCCCCCCCCCC)COP(=O)(O)OCC[N+](C)(C)C. The Kier molecular flexibility index (Phi) is 31.8. The lowest BCUT2D eigenvalue weighted by molar-refractivity contribution is -0.870. The Morgan fingerprint density at radius 2 is 1.04 bits per heavy atom. The molecule has 0 aromatic carbocycles. The molecule has 2 unspecified atom stereocenters. The average molecular weight is 719 g/mol. The van der Waals surface area contributed by atoms with Gasteiger partial charge in [0.1, 0.15) is 19.8 Å². The topological polar surface area (TPSA) is 108 Å². The summed E-state index contributed by atoms with van der Waals surface area (Å²) in [5.41, 5.74) is 0. The lowest BCUT2D eigenvalue weighted by atomic mass is 10.0. The number of carbonyl (C=O) groups is 2. The lowest BCUT2D eigenvalue weighted by Crippen LogP contribution is -2.37. The van der Waals surface area contributed by atoms with Crippen molar-refractivity contribution in [3.8, 4) is 0 Å². The Bertz CT molecular complexity index is 860. The first-order chi connectivity index (χ1) is 23.5. The zero-order valence-electron chi connectivity index (χ0n) is 32.4. The highest BCUT2D eigenvalue weighted by molar-refractivity contribution is 7.47. The van der Waals surface area contributed by atoms with Crippen molar-refractivity contribution in [3.05, 3.63) is 12.2 Å². The number of phosphoric acid groups is 1. The number of allylic oxidation sites excluding steroid dienone is 2. The Morgan fingerprint density at radius 1 is 0.612 bits per heavy atom. The van der Waals surface area contributed by atoms with Gasteiger partial charge in [-0.3, -0.25) is 18.6 Å². The Labute approximate surface area is 301 Å². The van der Waals surface area contributed by atoms with Crippen LogP contribution in [0.2, 0.25) is 0 Å². The molecule has 0 saturated carbocycles. The van der Waals surface area contributed by atoms with Gasteiger partial charge in [-0.1, -0.05) is 135 Å². The maximum atomic E-state index is 12.6. The summed E-state index contributed by atoms with van der Waals surface area (Å²) in [5.74, 6) is -0.813. The van der Waals surface area contributed by atoms with E-state index in [-0.39, 0.29) is 25.6 Å². The van der Waals surface area contributed by atoms with Crippen molar-refractivity contribution >= 4 is 19.8 Å². The number of hydrogen-bond donors (Lipinski definition) is 1. The number of carbonyl (C=O) groups excluding carboxylic acids is 2. The summed E-state index contributed by atoms with van der Waals surface area (Å²) < 4.78 is 34.2. The molecule has 290 valence electrons. The molecule has 0 spiro atoms. The fraction of sp³-hybridized carbons (Fsp3) is 0.897. The average Bonchev–Trinajstić information content (AvgIpc) is 3.04. The molecule has 0 fully saturated rings. The fourth-order valence-corrected chi connectivity index (χ4v) is 6.10. The van der Waals surface area contributed by atoms with Crippen molar-refractivity contribution in [2.75, 3.05) is 47.5 Å². The van der Waals surface area contributed by atoms with E-state index < -0.39 is 26.5 Å². The van der Waals surface area contributed by atoms with Crippen LogP contribution in [0.1, 0.15) is 174 Å². The van der Waals surface area contributed by atoms with Gasteiger partial charge in [0.05, 0.1) is 27.7 Å². The van der Waals surface area contributed by atoms with Gasteiger partial charge >= 0.3 is 19.8 Å². The number of unbranched alkanes of at least 4 members (excludes halogenated alkanes) is 20. The van der Waals surface area contributed by atoms with Gasteiger partial charge in [-0.15, -0.1) is 0 Å². The first kappa shape index (κ1) is 47.8. The smallest absolute Gasteiger partial charge is 0.462 e. The van der Waals surface area contributed by atoms with Crippen molar-refractivity contribution in [1.82, 2.24) is 0 Å². The van der Waals surface area contributed by atoms with Crippen molar-refractivity contribution in [1.29, 1.82) is 0 Å². The van der Waals surface area contributed by atoms with Crippen LogP contribution in [0.25, 0.3) is 0 Å². The van der Waals surface area contributed by atoms with E-state index in [0.29, 0.717) is 23.9 Å². The number of quaternary nitrogens is 1. The van der Waals surface area contributed by atoms with Crippen LogP contribution in [0.3, 0.4) is 0 Å². The van der Waals surface area contributed by atoms with Gasteiger partial charge in [-0.2, -0.15) is 0 Å². The molecule has 1 N–H and O–H groups in total. The van der Waals surface area contributed by atoms with Crippen molar-refractivity contribution in [3.63, 3.8) is 0 Å². The van der Waals surface area contributed by atoms with Gasteiger partial charge < -0.3 is 18.9 Å². The second kappa shape index (κ2) is 32.6. The van der Waals surface area contributed by atoms with Gasteiger partial charge in [-0.25, -0.2) is 4.57 Å². The molecule has 0 aliphatic rings. The lowest BCUT2D eigenvalue weighted by Gasteiger charge is -2.24. The summed E-state index contributed by atoms with van der Waals surface area (Å²) in [6, 6.07) is 0. The minimum Gasteiger partial charge on any atom is -0.462 e. The number of hydrogen-bond acceptors (Lipinski definition) is 7. The third-order valence-electron chi connectivity index (χ3n) is 8.55. The van der Waals surface area contributed by atoms with Crippen molar-refractivity contribution in [2.24, 2.45) is 0 Å². The molecule has 0 rings (SSSR count). The minimum absolute atomic E-state index is 0.0317. The molecule has 0 aliphatic heterocycles. The zero-order chi connectivity index (χ0) is 36.5. The van der Waals surface area contributed by atoms with Gasteiger partial charge in [0, 0.05) is 12.8 Å². The molecule has 0 saturated heterocycles. The monoisotopic (exact) mass is 719 g/mol. The first-order valence-corrected chi connectivity index (χ1v) is 21.4. The standard InChI is InChI=1S/C39H76NO8P/c1-6-8-10-12-14-16-18-20-22-24-26-28-30-32-39(42)48-37(36-47-49(43,44)46-34-33-40(3,4)5)35-45-38(41)31-29-27-25-23-21-19-17-15-13-11-9-7-2/h20,22,37H,6-19,21,23-36H2,1-5H3/p+1/b22-20-. The van der Waals surface area contributed by atoms with Crippen molar-refractivity contribution < 1.29 is 42.1 Å². The summed E-state index contributed by atoms with van der Waals surface area (Å²) in [5, 5.41) is 0. The second-order valence-corrected chi connectivity index (χ2v) is 16.1. The molecule has 0 aromatic heterocycles. The number of rotatable bonds is 36. The maximum absolute atomic E-state index is 12.6. The van der Waals surface area contributed by atoms with E-state index in [1.54, 1.807) is 0 Å². The number of nitrogens with zero attached hydrogens (tertiary/aromatic N) is 1. The number of esters is 2. The molecule has 0 bridgehead atoms. The molecule has 10 heteroatoms. The maximum Gasteiger partial charge on any atom is 0.472 e. The molecule has 49 heavy (non-hydrogen) atoms. The van der Waals surface area contributed by atoms with Crippen LogP contribution < -0.4 is 0 Å². The van der Waals surface area contributed by atoms with E-state index in [9.17, 15) is 19.0 Å². The fourth-order valence-electron chi connectivity index (χ4n) is 5.36. The van der Waals surface area contributed by atoms with E-state index in [2.05, 4.69) is 26.0 Å².